The van der Waals surface area contributed by atoms with E-state index in [9.17, 15) is 13.2 Å². The smallest absolute Gasteiger partial charge is 0.243 e. The molecule has 0 unspecified atom stereocenters. The number of hydrogen-bond donors (Lipinski definition) is 1. The molecular formula is C25H31N3O3S2. The molecule has 0 atom stereocenters. The standard InChI is InChI=1S/C25H31N3O3S2/c26-19-22-7-3-4-8-23(22)20-32-18-15-27-25(29)14-11-21-9-12-24(13-10-21)33(30,31)28-16-5-1-2-6-17-28/h3-4,7-10,12-13H,1-2,5-6,11,14-18,20H2,(H,27,29). The largest absolute Gasteiger partial charge is 0.355 e. The van der Waals surface area contributed by atoms with Gasteiger partial charge in [-0.1, -0.05) is 43.2 Å². The number of aryl methyl sites for hydroxylation is 1. The number of sulfonamides is 1. The van der Waals surface area contributed by atoms with Crippen molar-refractivity contribution in [3.05, 3.63) is 65.2 Å². The molecule has 2 aromatic carbocycles. The molecule has 3 rings (SSSR count). The third kappa shape index (κ3) is 7.60. The zero-order chi connectivity index (χ0) is 23.5. The molecule has 1 fully saturated rings. The number of benzene rings is 2. The Labute approximate surface area is 201 Å². The summed E-state index contributed by atoms with van der Waals surface area (Å²) in [7, 11) is -3.44. The molecule has 2 aromatic rings. The van der Waals surface area contributed by atoms with Gasteiger partial charge in [0.1, 0.15) is 0 Å². The van der Waals surface area contributed by atoms with Gasteiger partial charge in [-0.05, 0) is 48.6 Å². The second kappa shape index (κ2) is 12.8. The van der Waals surface area contributed by atoms with E-state index < -0.39 is 10.0 Å². The van der Waals surface area contributed by atoms with Crippen LogP contribution in [0.15, 0.2) is 53.4 Å². The molecule has 0 saturated carbocycles. The topological polar surface area (TPSA) is 90.3 Å². The summed E-state index contributed by atoms with van der Waals surface area (Å²) in [6, 6.07) is 16.7. The highest BCUT2D eigenvalue weighted by Crippen LogP contribution is 2.21. The molecule has 0 radical (unpaired) electrons. The van der Waals surface area contributed by atoms with Gasteiger partial charge in [0.2, 0.25) is 15.9 Å². The van der Waals surface area contributed by atoms with Gasteiger partial charge in [0, 0.05) is 37.6 Å². The third-order valence-corrected chi connectivity index (χ3v) is 8.65. The molecule has 0 spiro atoms. The molecule has 1 aliphatic rings. The number of carbonyl (C=O) groups is 1. The van der Waals surface area contributed by atoms with Gasteiger partial charge in [0.25, 0.3) is 0 Å². The Balaban J connectivity index is 1.38. The Kier molecular flexibility index (Phi) is 9.79. The van der Waals surface area contributed by atoms with Crippen molar-refractivity contribution in [2.24, 2.45) is 0 Å². The molecule has 1 heterocycles. The van der Waals surface area contributed by atoms with Crippen LogP contribution in [0.1, 0.15) is 48.8 Å². The lowest BCUT2D eigenvalue weighted by molar-refractivity contribution is -0.120. The Bertz CT molecular complexity index is 1060. The highest BCUT2D eigenvalue weighted by Gasteiger charge is 2.24. The highest BCUT2D eigenvalue weighted by molar-refractivity contribution is 7.98. The zero-order valence-electron chi connectivity index (χ0n) is 18.8. The van der Waals surface area contributed by atoms with Gasteiger partial charge in [0.15, 0.2) is 0 Å². The number of nitriles is 1. The predicted molar refractivity (Wildman–Crippen MR) is 132 cm³/mol. The van der Waals surface area contributed by atoms with Crippen LogP contribution in [0.2, 0.25) is 0 Å². The summed E-state index contributed by atoms with van der Waals surface area (Å²) >= 11 is 1.68. The van der Waals surface area contributed by atoms with Crippen LogP contribution in [0.25, 0.3) is 0 Å². The summed E-state index contributed by atoms with van der Waals surface area (Å²) in [5.74, 6) is 1.50. The lowest BCUT2D eigenvalue weighted by Crippen LogP contribution is -2.31. The lowest BCUT2D eigenvalue weighted by atomic mass is 10.1. The van der Waals surface area contributed by atoms with Crippen molar-refractivity contribution in [3.63, 3.8) is 0 Å². The monoisotopic (exact) mass is 485 g/mol. The average Bonchev–Trinajstić information content (AvgIpc) is 3.13. The number of nitrogens with zero attached hydrogens (tertiary/aromatic N) is 2. The molecule has 1 aliphatic heterocycles. The molecule has 1 saturated heterocycles. The van der Waals surface area contributed by atoms with Crippen molar-refractivity contribution in [2.45, 2.75) is 49.2 Å². The first-order chi connectivity index (χ1) is 16.0. The Morgan fingerprint density at radius 3 is 2.42 bits per heavy atom. The van der Waals surface area contributed by atoms with E-state index in [-0.39, 0.29) is 5.91 Å². The van der Waals surface area contributed by atoms with Gasteiger partial charge in [-0.3, -0.25) is 4.79 Å². The van der Waals surface area contributed by atoms with Crippen LogP contribution >= 0.6 is 11.8 Å². The highest BCUT2D eigenvalue weighted by atomic mass is 32.2. The number of amides is 1. The number of thioether (sulfide) groups is 1. The van der Waals surface area contributed by atoms with Gasteiger partial charge < -0.3 is 5.32 Å². The van der Waals surface area contributed by atoms with Crippen LogP contribution < -0.4 is 5.32 Å². The van der Waals surface area contributed by atoms with Crippen LogP contribution in [0.5, 0.6) is 0 Å². The van der Waals surface area contributed by atoms with E-state index in [1.807, 2.05) is 24.3 Å². The maximum absolute atomic E-state index is 12.9. The van der Waals surface area contributed by atoms with Crippen molar-refractivity contribution >= 4 is 27.7 Å². The third-order valence-electron chi connectivity index (χ3n) is 5.73. The summed E-state index contributed by atoms with van der Waals surface area (Å²) in [5.41, 5.74) is 2.65. The van der Waals surface area contributed by atoms with Gasteiger partial charge in [-0.2, -0.15) is 21.3 Å². The predicted octanol–water partition coefficient (Wildman–Crippen LogP) is 4.11. The van der Waals surface area contributed by atoms with E-state index in [1.165, 1.54) is 0 Å². The van der Waals surface area contributed by atoms with Crippen molar-refractivity contribution in [3.8, 4) is 6.07 Å². The number of rotatable bonds is 10. The van der Waals surface area contributed by atoms with E-state index in [2.05, 4.69) is 11.4 Å². The van der Waals surface area contributed by atoms with Crippen LogP contribution in [0.3, 0.4) is 0 Å². The normalized spacial score (nSPS) is 14.9. The minimum absolute atomic E-state index is 0.0192. The summed E-state index contributed by atoms with van der Waals surface area (Å²) in [6.07, 6.45) is 4.93. The first kappa shape index (κ1) is 25.3. The summed E-state index contributed by atoms with van der Waals surface area (Å²) in [4.78, 5) is 12.5. The molecule has 1 N–H and O–H groups in total. The fourth-order valence-electron chi connectivity index (χ4n) is 3.81. The fourth-order valence-corrected chi connectivity index (χ4v) is 6.18. The molecular weight excluding hydrogens is 454 g/mol. The van der Waals surface area contributed by atoms with Crippen molar-refractivity contribution in [1.29, 1.82) is 5.26 Å². The van der Waals surface area contributed by atoms with E-state index in [1.54, 1.807) is 40.3 Å². The quantitative estimate of drug-likeness (QED) is 0.512. The molecule has 0 aliphatic carbocycles. The Morgan fingerprint density at radius 1 is 1.03 bits per heavy atom. The average molecular weight is 486 g/mol. The van der Waals surface area contributed by atoms with Gasteiger partial charge in [0.05, 0.1) is 16.5 Å². The van der Waals surface area contributed by atoms with Crippen LogP contribution in [0.4, 0.5) is 0 Å². The van der Waals surface area contributed by atoms with Gasteiger partial charge in [-0.25, -0.2) is 8.42 Å². The van der Waals surface area contributed by atoms with Crippen molar-refractivity contribution in [2.75, 3.05) is 25.4 Å². The maximum atomic E-state index is 12.9. The zero-order valence-corrected chi connectivity index (χ0v) is 20.5. The first-order valence-corrected chi connectivity index (χ1v) is 14.0. The fraction of sp³-hybridized carbons (Fsp3) is 0.440. The summed E-state index contributed by atoms with van der Waals surface area (Å²) in [5, 5.41) is 12.0. The minimum atomic E-state index is -3.44. The molecule has 0 aromatic heterocycles. The number of nitrogens with one attached hydrogen (secondary N) is 1. The van der Waals surface area contributed by atoms with Gasteiger partial charge >= 0.3 is 0 Å². The molecule has 0 bridgehead atoms. The Hall–Kier alpha value is -2.34. The van der Waals surface area contributed by atoms with Gasteiger partial charge in [-0.15, -0.1) is 0 Å². The van der Waals surface area contributed by atoms with Crippen LogP contribution in [-0.4, -0.2) is 44.0 Å². The first-order valence-electron chi connectivity index (χ1n) is 11.4. The molecule has 176 valence electrons. The van der Waals surface area contributed by atoms with Crippen LogP contribution in [0, 0.1) is 11.3 Å². The molecule has 6 nitrogen and oxygen atoms in total. The van der Waals surface area contributed by atoms with E-state index in [0.29, 0.717) is 42.9 Å². The lowest BCUT2D eigenvalue weighted by Gasteiger charge is -2.20. The molecule has 1 amide bonds. The number of carbonyl (C=O) groups excluding carboxylic acids is 1. The Morgan fingerprint density at radius 2 is 1.73 bits per heavy atom. The van der Waals surface area contributed by atoms with E-state index in [0.717, 1.165) is 48.3 Å². The minimum Gasteiger partial charge on any atom is -0.355 e. The van der Waals surface area contributed by atoms with E-state index >= 15 is 0 Å². The number of hydrogen-bond acceptors (Lipinski definition) is 5. The SMILES string of the molecule is N#Cc1ccccc1CSCCNC(=O)CCc1ccc(S(=O)(=O)N2CCCCCC2)cc1. The van der Waals surface area contributed by atoms with E-state index in [4.69, 9.17) is 5.26 Å². The van der Waals surface area contributed by atoms with Crippen molar-refractivity contribution in [1.82, 2.24) is 9.62 Å². The molecule has 8 heteroatoms. The van der Waals surface area contributed by atoms with Crippen LogP contribution in [-0.2, 0) is 27.0 Å². The second-order valence-corrected chi connectivity index (χ2v) is 11.2. The second-order valence-electron chi connectivity index (χ2n) is 8.13. The molecule has 33 heavy (non-hydrogen) atoms. The summed E-state index contributed by atoms with van der Waals surface area (Å²) < 4.78 is 27.3. The maximum Gasteiger partial charge on any atom is 0.243 e. The summed E-state index contributed by atoms with van der Waals surface area (Å²) in [6.45, 7) is 1.76. The van der Waals surface area contributed by atoms with Crippen molar-refractivity contribution < 1.29 is 13.2 Å².